The van der Waals surface area contributed by atoms with E-state index in [4.69, 9.17) is 0 Å². The van der Waals surface area contributed by atoms with E-state index in [-0.39, 0.29) is 0 Å². The fraction of sp³-hybridized carbons (Fsp3) is 1.00. The molecule has 2 saturated carbocycles. The topological polar surface area (TPSA) is 12.0 Å². The number of fused-ring (bicyclic) bond motifs is 1. The summed E-state index contributed by atoms with van der Waals surface area (Å²) in [4.78, 5) is 0. The fourth-order valence-electron chi connectivity index (χ4n) is 4.44. The quantitative estimate of drug-likeness (QED) is 0.663. The Morgan fingerprint density at radius 1 is 0.500 bits per heavy atom. The zero-order chi connectivity index (χ0) is 10.8. The molecule has 0 spiro atoms. The average Bonchev–Trinajstić information content (AvgIpc) is 2.61. The molecule has 1 nitrogen and oxygen atoms in total. The first kappa shape index (κ1) is 11.1. The zero-order valence-corrected chi connectivity index (χ0v) is 10.6. The normalized spacial score (nSPS) is 41.6. The van der Waals surface area contributed by atoms with Gasteiger partial charge in [0.25, 0.3) is 0 Å². The van der Waals surface area contributed by atoms with Crippen molar-refractivity contribution in [3.05, 3.63) is 0 Å². The first-order chi connectivity index (χ1) is 7.93. The van der Waals surface area contributed by atoms with Gasteiger partial charge in [-0.2, -0.15) is 0 Å². The van der Waals surface area contributed by atoms with Crippen molar-refractivity contribution in [3.8, 4) is 0 Å². The molecule has 3 fully saturated rings. The number of hydrogen-bond acceptors (Lipinski definition) is 1. The standard InChI is InChI=1S/C15H27N/c1-2-4-7-12(6-3-1)15-11-10-13-8-5-9-14(13)16-15/h12-16H,1-11H2. The largest absolute Gasteiger partial charge is 0.311 e. The Hall–Kier alpha value is -0.0400. The van der Waals surface area contributed by atoms with Crippen molar-refractivity contribution in [1.29, 1.82) is 0 Å². The van der Waals surface area contributed by atoms with Crippen LogP contribution in [0, 0.1) is 11.8 Å². The summed E-state index contributed by atoms with van der Waals surface area (Å²) in [6, 6.07) is 1.79. The molecule has 0 aromatic rings. The molecule has 0 amide bonds. The molecule has 1 saturated heterocycles. The van der Waals surface area contributed by atoms with Gasteiger partial charge in [-0.25, -0.2) is 0 Å². The SMILES string of the molecule is C1CCCC(C2CCC3CCCC3N2)CC1. The fourth-order valence-corrected chi connectivity index (χ4v) is 4.44. The van der Waals surface area contributed by atoms with Gasteiger partial charge < -0.3 is 5.32 Å². The van der Waals surface area contributed by atoms with Crippen molar-refractivity contribution in [2.75, 3.05) is 0 Å². The molecule has 0 bridgehead atoms. The predicted molar refractivity (Wildman–Crippen MR) is 68.5 cm³/mol. The number of nitrogens with one attached hydrogen (secondary N) is 1. The second kappa shape index (κ2) is 5.08. The first-order valence-corrected chi connectivity index (χ1v) is 7.69. The van der Waals surface area contributed by atoms with Gasteiger partial charge in [-0.05, 0) is 50.4 Å². The molecule has 3 rings (SSSR count). The zero-order valence-electron chi connectivity index (χ0n) is 10.6. The Bertz CT molecular complexity index is 217. The van der Waals surface area contributed by atoms with Gasteiger partial charge in [-0.15, -0.1) is 0 Å². The van der Waals surface area contributed by atoms with Crippen LogP contribution in [0.3, 0.4) is 0 Å². The van der Waals surface area contributed by atoms with Crippen molar-refractivity contribution < 1.29 is 0 Å². The van der Waals surface area contributed by atoms with Crippen LogP contribution in [-0.4, -0.2) is 12.1 Å². The van der Waals surface area contributed by atoms with Gasteiger partial charge in [0, 0.05) is 12.1 Å². The molecule has 1 heterocycles. The summed E-state index contributed by atoms with van der Waals surface area (Å²) in [5, 5.41) is 4.01. The van der Waals surface area contributed by atoms with Gasteiger partial charge in [-0.1, -0.05) is 32.1 Å². The maximum Gasteiger partial charge on any atom is 0.00981 e. The summed E-state index contributed by atoms with van der Waals surface area (Å²) >= 11 is 0. The molecule has 0 radical (unpaired) electrons. The van der Waals surface area contributed by atoms with E-state index in [1.165, 1.54) is 70.6 Å². The van der Waals surface area contributed by atoms with Gasteiger partial charge >= 0.3 is 0 Å². The molecule has 92 valence electrons. The van der Waals surface area contributed by atoms with Crippen LogP contribution >= 0.6 is 0 Å². The highest BCUT2D eigenvalue weighted by molar-refractivity contribution is 4.93. The average molecular weight is 221 g/mol. The van der Waals surface area contributed by atoms with Crippen LogP contribution in [0.4, 0.5) is 0 Å². The van der Waals surface area contributed by atoms with Crippen LogP contribution in [0.2, 0.25) is 0 Å². The molecule has 1 heteroatoms. The lowest BCUT2D eigenvalue weighted by atomic mass is 9.81. The summed E-state index contributed by atoms with van der Waals surface area (Å²) in [5.41, 5.74) is 0. The molecule has 3 atom stereocenters. The molecule has 0 aromatic heterocycles. The van der Waals surface area contributed by atoms with E-state index in [2.05, 4.69) is 5.32 Å². The van der Waals surface area contributed by atoms with Crippen LogP contribution in [0.15, 0.2) is 0 Å². The number of piperidine rings is 1. The molecule has 2 aliphatic carbocycles. The van der Waals surface area contributed by atoms with Crippen molar-refractivity contribution in [2.24, 2.45) is 11.8 Å². The van der Waals surface area contributed by atoms with Crippen molar-refractivity contribution in [3.63, 3.8) is 0 Å². The van der Waals surface area contributed by atoms with E-state index in [0.29, 0.717) is 0 Å². The third-order valence-corrected chi connectivity index (χ3v) is 5.40. The minimum absolute atomic E-state index is 0.887. The van der Waals surface area contributed by atoms with Crippen LogP contribution in [0.5, 0.6) is 0 Å². The second-order valence-electron chi connectivity index (χ2n) is 6.40. The number of rotatable bonds is 1. The summed E-state index contributed by atoms with van der Waals surface area (Å²) in [7, 11) is 0. The van der Waals surface area contributed by atoms with E-state index in [9.17, 15) is 0 Å². The first-order valence-electron chi connectivity index (χ1n) is 7.69. The Kier molecular flexibility index (Phi) is 3.51. The Morgan fingerprint density at radius 3 is 1.94 bits per heavy atom. The third-order valence-electron chi connectivity index (χ3n) is 5.40. The van der Waals surface area contributed by atoms with Gasteiger partial charge in [0.05, 0.1) is 0 Å². The van der Waals surface area contributed by atoms with E-state index < -0.39 is 0 Å². The lowest BCUT2D eigenvalue weighted by Gasteiger charge is -2.38. The van der Waals surface area contributed by atoms with E-state index in [1.54, 1.807) is 0 Å². The lowest BCUT2D eigenvalue weighted by Crippen LogP contribution is -2.48. The maximum atomic E-state index is 4.01. The smallest absolute Gasteiger partial charge is 0.00981 e. The van der Waals surface area contributed by atoms with Crippen molar-refractivity contribution in [2.45, 2.75) is 82.7 Å². The van der Waals surface area contributed by atoms with Gasteiger partial charge in [0.15, 0.2) is 0 Å². The molecule has 1 aliphatic heterocycles. The van der Waals surface area contributed by atoms with E-state index in [1.807, 2.05) is 0 Å². The molecule has 3 aliphatic rings. The lowest BCUT2D eigenvalue weighted by molar-refractivity contribution is 0.195. The molecule has 3 unspecified atom stereocenters. The Labute approximate surface area is 100 Å². The highest BCUT2D eigenvalue weighted by atomic mass is 15.0. The van der Waals surface area contributed by atoms with Gasteiger partial charge in [0.1, 0.15) is 0 Å². The maximum absolute atomic E-state index is 4.01. The molecule has 16 heavy (non-hydrogen) atoms. The summed E-state index contributed by atoms with van der Waals surface area (Å²) in [6.45, 7) is 0. The summed E-state index contributed by atoms with van der Waals surface area (Å²) in [6.07, 6.45) is 16.5. The van der Waals surface area contributed by atoms with Crippen molar-refractivity contribution in [1.82, 2.24) is 5.32 Å². The predicted octanol–water partition coefficient (Wildman–Crippen LogP) is 3.88. The highest BCUT2D eigenvalue weighted by Gasteiger charge is 2.35. The van der Waals surface area contributed by atoms with Crippen molar-refractivity contribution >= 4 is 0 Å². The monoisotopic (exact) mass is 221 g/mol. The second-order valence-corrected chi connectivity index (χ2v) is 6.40. The van der Waals surface area contributed by atoms with Crippen LogP contribution in [0.25, 0.3) is 0 Å². The Morgan fingerprint density at radius 2 is 1.12 bits per heavy atom. The molecule has 1 N–H and O–H groups in total. The van der Waals surface area contributed by atoms with Crippen LogP contribution in [0.1, 0.15) is 70.6 Å². The van der Waals surface area contributed by atoms with E-state index in [0.717, 1.165) is 23.9 Å². The van der Waals surface area contributed by atoms with Crippen LogP contribution < -0.4 is 5.32 Å². The third kappa shape index (κ3) is 2.30. The summed E-state index contributed by atoms with van der Waals surface area (Å²) < 4.78 is 0. The van der Waals surface area contributed by atoms with Crippen LogP contribution in [-0.2, 0) is 0 Å². The molecular weight excluding hydrogens is 194 g/mol. The number of hydrogen-bond donors (Lipinski definition) is 1. The highest BCUT2D eigenvalue weighted by Crippen LogP contribution is 2.37. The minimum Gasteiger partial charge on any atom is -0.311 e. The van der Waals surface area contributed by atoms with E-state index >= 15 is 0 Å². The van der Waals surface area contributed by atoms with Gasteiger partial charge in [-0.3, -0.25) is 0 Å². The molecule has 0 aromatic carbocycles. The Balaban J connectivity index is 1.57. The summed E-state index contributed by atoms with van der Waals surface area (Å²) in [5.74, 6) is 2.06. The molecular formula is C15H27N. The van der Waals surface area contributed by atoms with Gasteiger partial charge in [0.2, 0.25) is 0 Å². The minimum atomic E-state index is 0.887.